The number of nitrogens with zero attached hydrogens (tertiary/aromatic N) is 1. The number of carbonyl (C=O) groups excluding carboxylic acids is 2. The summed E-state index contributed by atoms with van der Waals surface area (Å²) in [6, 6.07) is 12.7. The summed E-state index contributed by atoms with van der Waals surface area (Å²) in [5, 5.41) is 2.81. The Morgan fingerprint density at radius 1 is 1.12 bits per heavy atom. The zero-order valence-corrected chi connectivity index (χ0v) is 15.5. The Labute approximate surface area is 153 Å². The first-order chi connectivity index (χ1) is 12.5. The van der Waals surface area contributed by atoms with Crippen LogP contribution in [0.3, 0.4) is 0 Å². The molecule has 0 bridgehead atoms. The van der Waals surface area contributed by atoms with Crippen LogP contribution < -0.4 is 19.7 Å². The van der Waals surface area contributed by atoms with Gasteiger partial charge in [-0.3, -0.25) is 14.5 Å². The summed E-state index contributed by atoms with van der Waals surface area (Å²) in [6.07, 6.45) is 0. The number of methoxy groups -OCH3 is 1. The molecule has 2 rings (SSSR count). The lowest BCUT2D eigenvalue weighted by molar-refractivity contribution is -0.120. The highest BCUT2D eigenvalue weighted by atomic mass is 16.5. The van der Waals surface area contributed by atoms with Crippen LogP contribution in [0, 0.1) is 6.92 Å². The lowest BCUT2D eigenvalue weighted by atomic mass is 10.2. The van der Waals surface area contributed by atoms with Crippen LogP contribution in [-0.4, -0.2) is 32.1 Å². The summed E-state index contributed by atoms with van der Waals surface area (Å²) in [5.74, 6) is 0.554. The van der Waals surface area contributed by atoms with Crippen LogP contribution in [0.5, 0.6) is 11.5 Å². The molecule has 2 amide bonds. The fraction of sp³-hybridized carbons (Fsp3) is 0.300. The van der Waals surface area contributed by atoms with Crippen molar-refractivity contribution < 1.29 is 19.1 Å². The number of hydrogen-bond acceptors (Lipinski definition) is 4. The summed E-state index contributed by atoms with van der Waals surface area (Å²) < 4.78 is 10.8. The molecule has 0 heterocycles. The van der Waals surface area contributed by atoms with Crippen LogP contribution in [0.25, 0.3) is 0 Å². The molecule has 0 fully saturated rings. The Morgan fingerprint density at radius 2 is 1.85 bits per heavy atom. The van der Waals surface area contributed by atoms with Crippen LogP contribution in [0.15, 0.2) is 42.5 Å². The standard InChI is InChI=1S/C20H24N2O4/c1-5-26-19-9-7-6-8-17(19)22(15(3)23)13-20(24)21-16-12-14(2)10-11-18(16)25-4/h6-12H,5,13H2,1-4H3,(H,21,24). The summed E-state index contributed by atoms with van der Waals surface area (Å²) in [5.41, 5.74) is 2.12. The maximum absolute atomic E-state index is 12.5. The van der Waals surface area contributed by atoms with E-state index in [4.69, 9.17) is 9.47 Å². The van der Waals surface area contributed by atoms with Gasteiger partial charge in [0, 0.05) is 6.92 Å². The van der Waals surface area contributed by atoms with Crippen molar-refractivity contribution >= 4 is 23.2 Å². The normalized spacial score (nSPS) is 10.2. The van der Waals surface area contributed by atoms with E-state index < -0.39 is 0 Å². The van der Waals surface area contributed by atoms with Crippen LogP contribution in [0.1, 0.15) is 19.4 Å². The van der Waals surface area contributed by atoms with Crippen LogP contribution in [0.4, 0.5) is 11.4 Å². The van der Waals surface area contributed by atoms with Gasteiger partial charge in [-0.1, -0.05) is 18.2 Å². The van der Waals surface area contributed by atoms with Gasteiger partial charge in [-0.15, -0.1) is 0 Å². The highest BCUT2D eigenvalue weighted by molar-refractivity contribution is 6.03. The molecule has 26 heavy (non-hydrogen) atoms. The second-order valence-corrected chi connectivity index (χ2v) is 5.76. The number of aryl methyl sites for hydroxylation is 1. The first kappa shape index (κ1) is 19.3. The van der Waals surface area contributed by atoms with E-state index in [0.29, 0.717) is 29.5 Å². The molecule has 0 aromatic heterocycles. The summed E-state index contributed by atoms with van der Waals surface area (Å²) in [7, 11) is 1.54. The molecule has 0 saturated heterocycles. The first-order valence-electron chi connectivity index (χ1n) is 8.40. The number of amides is 2. The van der Waals surface area contributed by atoms with Crippen molar-refractivity contribution in [3.05, 3.63) is 48.0 Å². The topological polar surface area (TPSA) is 67.9 Å². The van der Waals surface area contributed by atoms with Gasteiger partial charge in [-0.25, -0.2) is 0 Å². The van der Waals surface area contributed by atoms with Gasteiger partial charge in [-0.2, -0.15) is 0 Å². The van der Waals surface area contributed by atoms with Crippen molar-refractivity contribution in [1.82, 2.24) is 0 Å². The summed E-state index contributed by atoms with van der Waals surface area (Å²) in [4.78, 5) is 26.1. The monoisotopic (exact) mass is 356 g/mol. The summed E-state index contributed by atoms with van der Waals surface area (Å²) >= 11 is 0. The highest BCUT2D eigenvalue weighted by Crippen LogP contribution is 2.29. The van der Waals surface area contributed by atoms with Crippen molar-refractivity contribution in [3.63, 3.8) is 0 Å². The molecular formula is C20H24N2O4. The van der Waals surface area contributed by atoms with E-state index in [9.17, 15) is 9.59 Å². The molecule has 0 aliphatic rings. The zero-order chi connectivity index (χ0) is 19.1. The quantitative estimate of drug-likeness (QED) is 0.826. The molecule has 138 valence electrons. The second kappa shape index (κ2) is 8.89. The molecule has 0 radical (unpaired) electrons. The maximum atomic E-state index is 12.5. The Bertz CT molecular complexity index is 789. The van der Waals surface area contributed by atoms with Crippen molar-refractivity contribution in [2.45, 2.75) is 20.8 Å². The van der Waals surface area contributed by atoms with E-state index in [0.717, 1.165) is 5.56 Å². The van der Waals surface area contributed by atoms with Gasteiger partial charge in [0.15, 0.2) is 0 Å². The molecule has 0 spiro atoms. The highest BCUT2D eigenvalue weighted by Gasteiger charge is 2.20. The lowest BCUT2D eigenvalue weighted by Crippen LogP contribution is -2.37. The van der Waals surface area contributed by atoms with E-state index >= 15 is 0 Å². The Morgan fingerprint density at radius 3 is 2.50 bits per heavy atom. The smallest absolute Gasteiger partial charge is 0.244 e. The van der Waals surface area contributed by atoms with Gasteiger partial charge in [0.05, 0.1) is 25.1 Å². The number of rotatable bonds is 7. The van der Waals surface area contributed by atoms with Gasteiger partial charge in [0.2, 0.25) is 11.8 Å². The SMILES string of the molecule is CCOc1ccccc1N(CC(=O)Nc1cc(C)ccc1OC)C(C)=O. The van der Waals surface area contributed by atoms with Crippen LogP contribution in [-0.2, 0) is 9.59 Å². The predicted molar refractivity (Wildman–Crippen MR) is 102 cm³/mol. The van der Waals surface area contributed by atoms with E-state index in [1.54, 1.807) is 31.4 Å². The fourth-order valence-corrected chi connectivity index (χ4v) is 2.58. The lowest BCUT2D eigenvalue weighted by Gasteiger charge is -2.23. The molecule has 0 aliphatic carbocycles. The number of benzene rings is 2. The van der Waals surface area contributed by atoms with E-state index in [2.05, 4.69) is 5.32 Å². The Kier molecular flexibility index (Phi) is 6.60. The minimum atomic E-state index is -0.324. The van der Waals surface area contributed by atoms with Crippen molar-refractivity contribution in [2.75, 3.05) is 30.5 Å². The van der Waals surface area contributed by atoms with Gasteiger partial charge in [0.25, 0.3) is 0 Å². The largest absolute Gasteiger partial charge is 0.495 e. The number of ether oxygens (including phenoxy) is 2. The third kappa shape index (κ3) is 4.75. The van der Waals surface area contributed by atoms with Gasteiger partial charge in [0.1, 0.15) is 18.0 Å². The van der Waals surface area contributed by atoms with E-state index in [1.807, 2.05) is 32.0 Å². The van der Waals surface area contributed by atoms with Gasteiger partial charge >= 0.3 is 0 Å². The molecule has 1 N–H and O–H groups in total. The number of hydrogen-bond donors (Lipinski definition) is 1. The molecule has 2 aromatic rings. The van der Waals surface area contributed by atoms with Crippen LogP contribution >= 0.6 is 0 Å². The molecule has 0 aliphatic heterocycles. The molecule has 2 aromatic carbocycles. The molecule has 0 atom stereocenters. The van der Waals surface area contributed by atoms with E-state index in [-0.39, 0.29) is 18.4 Å². The molecule has 6 nitrogen and oxygen atoms in total. The fourth-order valence-electron chi connectivity index (χ4n) is 2.58. The third-order valence-corrected chi connectivity index (χ3v) is 3.77. The Balaban J connectivity index is 2.22. The van der Waals surface area contributed by atoms with Crippen LogP contribution in [0.2, 0.25) is 0 Å². The van der Waals surface area contributed by atoms with Gasteiger partial charge in [-0.05, 0) is 43.7 Å². The third-order valence-electron chi connectivity index (χ3n) is 3.77. The molecular weight excluding hydrogens is 332 g/mol. The van der Waals surface area contributed by atoms with E-state index in [1.165, 1.54) is 11.8 Å². The second-order valence-electron chi connectivity index (χ2n) is 5.76. The minimum absolute atomic E-state index is 0.128. The molecule has 0 saturated carbocycles. The molecule has 6 heteroatoms. The summed E-state index contributed by atoms with van der Waals surface area (Å²) in [6.45, 7) is 5.55. The van der Waals surface area contributed by atoms with Crippen molar-refractivity contribution in [3.8, 4) is 11.5 Å². The zero-order valence-electron chi connectivity index (χ0n) is 15.5. The Hall–Kier alpha value is -3.02. The van der Waals surface area contributed by atoms with Crippen molar-refractivity contribution in [2.24, 2.45) is 0 Å². The van der Waals surface area contributed by atoms with Gasteiger partial charge < -0.3 is 14.8 Å². The maximum Gasteiger partial charge on any atom is 0.244 e. The predicted octanol–water partition coefficient (Wildman–Crippen LogP) is 3.39. The number of para-hydroxylation sites is 2. The van der Waals surface area contributed by atoms with Crippen molar-refractivity contribution in [1.29, 1.82) is 0 Å². The number of anilines is 2. The first-order valence-corrected chi connectivity index (χ1v) is 8.40. The molecule has 0 unspecified atom stereocenters. The number of carbonyl (C=O) groups is 2. The average molecular weight is 356 g/mol. The number of nitrogens with one attached hydrogen (secondary N) is 1. The average Bonchev–Trinajstić information content (AvgIpc) is 2.61. The minimum Gasteiger partial charge on any atom is -0.495 e.